The molecule has 0 radical (unpaired) electrons. The smallest absolute Gasteiger partial charge is 0.410 e. The van der Waals surface area contributed by atoms with Crippen molar-refractivity contribution in [3.05, 3.63) is 59.0 Å². The Labute approximate surface area is 243 Å². The number of piperazine rings is 1. The molecular formula is C27H34BrFN6O4S. The summed E-state index contributed by atoms with van der Waals surface area (Å²) in [5.74, 6) is -0.720. The van der Waals surface area contributed by atoms with Gasteiger partial charge in [-0.25, -0.2) is 13.9 Å². The molecule has 1 fully saturated rings. The molecule has 1 amide bonds. The number of carbonyl (C=O) groups excluding carboxylic acids is 1. The standard InChI is InChI=1S/C27H34BrFN6O4S/c1-6-32(5)40(37,38)31-23-9-7-8-21(24(23)29)25-22(28)18-35(30-25)20-12-10-19(11-13-20)33-14-16-34(17-15-33)26(36)39-27(2,3)4/h7-13,18,31H,6,14-17H2,1-5H3. The molecule has 3 aromatic rings. The Morgan fingerprint density at radius 1 is 1.10 bits per heavy atom. The highest BCUT2D eigenvalue weighted by Crippen LogP contribution is 2.33. The number of nitrogens with zero attached hydrogens (tertiary/aromatic N) is 5. The molecule has 1 aliphatic rings. The molecule has 0 saturated carbocycles. The van der Waals surface area contributed by atoms with Gasteiger partial charge in [0.2, 0.25) is 0 Å². The minimum absolute atomic E-state index is 0.157. The van der Waals surface area contributed by atoms with Crippen LogP contribution in [0.25, 0.3) is 16.9 Å². The zero-order valence-electron chi connectivity index (χ0n) is 23.2. The van der Waals surface area contributed by atoms with Crippen molar-refractivity contribution < 1.29 is 22.3 Å². The normalized spacial score (nSPS) is 14.5. The van der Waals surface area contributed by atoms with Crippen molar-refractivity contribution in [3.8, 4) is 16.9 Å². The van der Waals surface area contributed by atoms with E-state index in [4.69, 9.17) is 4.74 Å². The first-order valence-electron chi connectivity index (χ1n) is 12.9. The zero-order valence-corrected chi connectivity index (χ0v) is 25.6. The second-order valence-corrected chi connectivity index (χ2v) is 13.1. The van der Waals surface area contributed by atoms with Gasteiger partial charge < -0.3 is 14.5 Å². The largest absolute Gasteiger partial charge is 0.444 e. The maximum absolute atomic E-state index is 15.4. The van der Waals surface area contributed by atoms with Crippen LogP contribution in [0.1, 0.15) is 27.7 Å². The summed E-state index contributed by atoms with van der Waals surface area (Å²) in [6.45, 7) is 10.0. The highest BCUT2D eigenvalue weighted by atomic mass is 79.9. The SMILES string of the molecule is CCN(C)S(=O)(=O)Nc1cccc(-c2nn(-c3ccc(N4CCN(C(=O)OC(C)(C)C)CC4)cc3)cc2Br)c1F. The van der Waals surface area contributed by atoms with Crippen molar-refractivity contribution in [2.45, 2.75) is 33.3 Å². The van der Waals surface area contributed by atoms with E-state index in [0.29, 0.717) is 36.3 Å². The number of hydrogen-bond donors (Lipinski definition) is 1. The van der Waals surface area contributed by atoms with E-state index >= 15 is 4.39 Å². The fourth-order valence-corrected chi connectivity index (χ4v) is 5.56. The van der Waals surface area contributed by atoms with Crippen molar-refractivity contribution in [2.75, 3.05) is 49.4 Å². The van der Waals surface area contributed by atoms with Crippen molar-refractivity contribution in [1.29, 1.82) is 0 Å². The molecule has 0 spiro atoms. The highest BCUT2D eigenvalue weighted by molar-refractivity contribution is 9.10. The summed E-state index contributed by atoms with van der Waals surface area (Å²) in [4.78, 5) is 16.3. The first-order valence-corrected chi connectivity index (χ1v) is 15.1. The summed E-state index contributed by atoms with van der Waals surface area (Å²) < 4.78 is 51.3. The average Bonchev–Trinajstić information content (AvgIpc) is 3.29. The molecule has 4 rings (SSSR count). The molecule has 216 valence electrons. The first kappa shape index (κ1) is 29.8. The number of anilines is 2. The van der Waals surface area contributed by atoms with Crippen LogP contribution in [0.4, 0.5) is 20.6 Å². The average molecular weight is 638 g/mol. The number of nitrogens with one attached hydrogen (secondary N) is 1. The van der Waals surface area contributed by atoms with Crippen molar-refractivity contribution >= 4 is 43.6 Å². The van der Waals surface area contributed by atoms with Crippen LogP contribution >= 0.6 is 15.9 Å². The second-order valence-electron chi connectivity index (χ2n) is 10.4. The minimum atomic E-state index is -3.88. The van der Waals surface area contributed by atoms with Gasteiger partial charge in [-0.2, -0.15) is 17.8 Å². The molecule has 0 unspecified atom stereocenters. The molecule has 40 heavy (non-hydrogen) atoms. The molecule has 0 aliphatic carbocycles. The molecule has 1 aromatic heterocycles. The second kappa shape index (κ2) is 11.8. The number of halogens is 2. The third-order valence-electron chi connectivity index (χ3n) is 6.43. The van der Waals surface area contributed by atoms with Gasteiger partial charge in [-0.3, -0.25) is 4.72 Å². The molecule has 0 bridgehead atoms. The van der Waals surface area contributed by atoms with Crippen LogP contribution in [-0.2, 0) is 14.9 Å². The molecule has 1 N–H and O–H groups in total. The predicted molar refractivity (Wildman–Crippen MR) is 158 cm³/mol. The summed E-state index contributed by atoms with van der Waals surface area (Å²) in [6, 6.07) is 12.3. The van der Waals surface area contributed by atoms with Crippen LogP contribution < -0.4 is 9.62 Å². The van der Waals surface area contributed by atoms with E-state index in [0.717, 1.165) is 15.7 Å². The van der Waals surface area contributed by atoms with E-state index in [-0.39, 0.29) is 23.9 Å². The molecular weight excluding hydrogens is 603 g/mol. The van der Waals surface area contributed by atoms with E-state index < -0.39 is 21.6 Å². The van der Waals surface area contributed by atoms with E-state index in [1.54, 1.807) is 34.8 Å². The van der Waals surface area contributed by atoms with Crippen molar-refractivity contribution in [2.24, 2.45) is 0 Å². The topological polar surface area (TPSA) is 100 Å². The summed E-state index contributed by atoms with van der Waals surface area (Å²) >= 11 is 3.47. The maximum Gasteiger partial charge on any atom is 0.410 e. The maximum atomic E-state index is 15.4. The number of carbonyl (C=O) groups is 1. The van der Waals surface area contributed by atoms with Crippen LogP contribution in [0, 0.1) is 5.82 Å². The molecule has 0 atom stereocenters. The number of rotatable bonds is 7. The third kappa shape index (κ3) is 6.76. The van der Waals surface area contributed by atoms with Crippen LogP contribution in [0.5, 0.6) is 0 Å². The van der Waals surface area contributed by atoms with Gasteiger partial charge in [-0.1, -0.05) is 13.0 Å². The number of benzene rings is 2. The lowest BCUT2D eigenvalue weighted by Gasteiger charge is -2.36. The predicted octanol–water partition coefficient (Wildman–Crippen LogP) is 5.11. The lowest BCUT2D eigenvalue weighted by Crippen LogP contribution is -2.50. The van der Waals surface area contributed by atoms with Crippen LogP contribution in [0.15, 0.2) is 53.1 Å². The fraction of sp³-hybridized carbons (Fsp3) is 0.407. The summed E-state index contributed by atoms with van der Waals surface area (Å²) in [5, 5.41) is 4.57. The van der Waals surface area contributed by atoms with Crippen molar-refractivity contribution in [1.82, 2.24) is 19.0 Å². The lowest BCUT2D eigenvalue weighted by molar-refractivity contribution is 0.0240. The van der Waals surface area contributed by atoms with Gasteiger partial charge in [0.25, 0.3) is 0 Å². The van der Waals surface area contributed by atoms with E-state index in [1.165, 1.54) is 13.1 Å². The van der Waals surface area contributed by atoms with E-state index in [9.17, 15) is 13.2 Å². The minimum Gasteiger partial charge on any atom is -0.444 e. The third-order valence-corrected chi connectivity index (χ3v) is 8.57. The van der Waals surface area contributed by atoms with E-state index in [2.05, 4.69) is 30.7 Å². The Bertz CT molecular complexity index is 1470. The van der Waals surface area contributed by atoms with Gasteiger partial charge in [0, 0.05) is 57.2 Å². The lowest BCUT2D eigenvalue weighted by atomic mass is 10.1. The first-order chi connectivity index (χ1) is 18.8. The zero-order chi connectivity index (χ0) is 29.2. The number of aromatic nitrogens is 2. The number of hydrogen-bond acceptors (Lipinski definition) is 6. The van der Waals surface area contributed by atoms with Crippen LogP contribution in [0.3, 0.4) is 0 Å². The summed E-state index contributed by atoms with van der Waals surface area (Å²) in [7, 11) is -2.47. The number of ether oxygens (including phenoxy) is 1. The Hall–Kier alpha value is -3.16. The molecule has 2 aromatic carbocycles. The molecule has 1 saturated heterocycles. The summed E-state index contributed by atoms with van der Waals surface area (Å²) in [5.41, 5.74) is 1.60. The molecule has 10 nitrogen and oxygen atoms in total. The van der Waals surface area contributed by atoms with E-state index in [1.807, 2.05) is 45.0 Å². The van der Waals surface area contributed by atoms with Gasteiger partial charge in [0.1, 0.15) is 11.3 Å². The Balaban J connectivity index is 1.48. The summed E-state index contributed by atoms with van der Waals surface area (Å²) in [6.07, 6.45) is 1.43. The fourth-order valence-electron chi connectivity index (χ4n) is 4.14. The Morgan fingerprint density at radius 3 is 2.33 bits per heavy atom. The Morgan fingerprint density at radius 2 is 1.73 bits per heavy atom. The molecule has 1 aliphatic heterocycles. The van der Waals surface area contributed by atoms with Crippen LogP contribution in [-0.4, -0.2) is 78.9 Å². The molecule has 2 heterocycles. The number of amides is 1. The highest BCUT2D eigenvalue weighted by Gasteiger charge is 2.26. The quantitative estimate of drug-likeness (QED) is 0.387. The van der Waals surface area contributed by atoms with Gasteiger partial charge in [0.15, 0.2) is 5.82 Å². The van der Waals surface area contributed by atoms with Gasteiger partial charge in [0.05, 0.1) is 15.8 Å². The Kier molecular flexibility index (Phi) is 8.76. The monoisotopic (exact) mass is 636 g/mol. The van der Waals surface area contributed by atoms with Gasteiger partial charge in [-0.15, -0.1) is 0 Å². The van der Waals surface area contributed by atoms with Gasteiger partial charge in [-0.05, 0) is 73.1 Å². The molecule has 13 heteroatoms. The van der Waals surface area contributed by atoms with Gasteiger partial charge >= 0.3 is 16.3 Å². The van der Waals surface area contributed by atoms with Crippen molar-refractivity contribution in [3.63, 3.8) is 0 Å². The van der Waals surface area contributed by atoms with Crippen LogP contribution in [0.2, 0.25) is 0 Å².